The number of nitrogens with zero attached hydrogens (tertiary/aromatic N) is 4. The highest BCUT2D eigenvalue weighted by atomic mass is 19.1. The highest BCUT2D eigenvalue weighted by molar-refractivity contribution is 5.65. The minimum atomic E-state index is -0.301. The van der Waals surface area contributed by atoms with Gasteiger partial charge in [0.15, 0.2) is 11.4 Å². The first kappa shape index (κ1) is 21.6. The molecule has 0 unspecified atom stereocenters. The van der Waals surface area contributed by atoms with Gasteiger partial charge in [0.25, 0.3) is 5.56 Å². The molecule has 0 saturated carbocycles. The summed E-state index contributed by atoms with van der Waals surface area (Å²) >= 11 is 0. The first-order chi connectivity index (χ1) is 16.4. The van der Waals surface area contributed by atoms with Crippen LogP contribution >= 0.6 is 0 Å². The Morgan fingerprint density at radius 1 is 0.971 bits per heavy atom. The zero-order valence-corrected chi connectivity index (χ0v) is 19.1. The van der Waals surface area contributed by atoms with Crippen molar-refractivity contribution in [2.75, 3.05) is 0 Å². The third-order valence-corrected chi connectivity index (χ3v) is 5.73. The molecule has 0 N–H and O–H groups in total. The van der Waals surface area contributed by atoms with Gasteiger partial charge in [-0.25, -0.2) is 14.1 Å². The van der Waals surface area contributed by atoms with Crippen molar-refractivity contribution in [2.45, 2.75) is 27.4 Å². The van der Waals surface area contributed by atoms with Gasteiger partial charge in [0, 0.05) is 11.9 Å². The number of hydrogen-bond acceptors (Lipinski definition) is 4. The first-order valence-corrected chi connectivity index (χ1v) is 10.9. The molecule has 0 fully saturated rings. The predicted molar refractivity (Wildman–Crippen MR) is 129 cm³/mol. The number of hydrogen-bond donors (Lipinski definition) is 0. The van der Waals surface area contributed by atoms with Crippen LogP contribution in [0.2, 0.25) is 0 Å². The number of benzene rings is 2. The summed E-state index contributed by atoms with van der Waals surface area (Å²) < 4.78 is 22.4. The van der Waals surface area contributed by atoms with Crippen molar-refractivity contribution in [3.05, 3.63) is 112 Å². The Labute approximate surface area is 195 Å². The Kier molecular flexibility index (Phi) is 5.45. The number of fused-ring (bicyclic) bond motifs is 1. The van der Waals surface area contributed by atoms with E-state index in [0.717, 1.165) is 16.9 Å². The molecule has 5 rings (SSSR count). The Morgan fingerprint density at radius 3 is 2.44 bits per heavy atom. The van der Waals surface area contributed by atoms with Crippen LogP contribution in [-0.4, -0.2) is 19.2 Å². The van der Waals surface area contributed by atoms with E-state index >= 15 is 0 Å². The van der Waals surface area contributed by atoms with Gasteiger partial charge in [-0.1, -0.05) is 29.8 Å². The van der Waals surface area contributed by atoms with E-state index in [0.29, 0.717) is 28.3 Å². The van der Waals surface area contributed by atoms with Crippen LogP contribution in [0.5, 0.6) is 5.75 Å². The van der Waals surface area contributed by atoms with E-state index in [1.54, 1.807) is 37.4 Å². The first-order valence-electron chi connectivity index (χ1n) is 10.9. The largest absolute Gasteiger partial charge is 0.485 e. The van der Waals surface area contributed by atoms with E-state index in [4.69, 9.17) is 14.8 Å². The standard InChI is InChI=1S/C27H23FN4O2/c1-17-6-12-22(13-7-17)32-18(2)15-23(30-32)25-19(3)29-26-24(5-4-14-31(26)27(25)33)34-16-20-8-10-21(28)11-9-20/h4-15H,16H2,1-3H3. The average molecular weight is 455 g/mol. The lowest BCUT2D eigenvalue weighted by molar-refractivity contribution is 0.307. The van der Waals surface area contributed by atoms with E-state index in [1.807, 2.05) is 48.9 Å². The average Bonchev–Trinajstić information content (AvgIpc) is 3.20. The van der Waals surface area contributed by atoms with E-state index < -0.39 is 0 Å². The van der Waals surface area contributed by atoms with Gasteiger partial charge in [-0.3, -0.25) is 9.20 Å². The molecule has 170 valence electrons. The lowest BCUT2D eigenvalue weighted by atomic mass is 10.1. The molecule has 34 heavy (non-hydrogen) atoms. The molecule has 0 spiro atoms. The van der Waals surface area contributed by atoms with Crippen LogP contribution in [0.15, 0.2) is 77.7 Å². The van der Waals surface area contributed by atoms with Gasteiger partial charge in [-0.2, -0.15) is 5.10 Å². The highest BCUT2D eigenvalue weighted by Crippen LogP contribution is 2.24. The van der Waals surface area contributed by atoms with Gasteiger partial charge < -0.3 is 4.74 Å². The van der Waals surface area contributed by atoms with Crippen LogP contribution in [0, 0.1) is 26.6 Å². The fraction of sp³-hybridized carbons (Fsp3) is 0.148. The third-order valence-electron chi connectivity index (χ3n) is 5.73. The van der Waals surface area contributed by atoms with Crippen LogP contribution in [-0.2, 0) is 6.61 Å². The second-order valence-corrected chi connectivity index (χ2v) is 8.28. The van der Waals surface area contributed by atoms with E-state index in [1.165, 1.54) is 22.1 Å². The van der Waals surface area contributed by atoms with Crippen LogP contribution in [0.1, 0.15) is 22.5 Å². The van der Waals surface area contributed by atoms with Crippen molar-refractivity contribution in [3.63, 3.8) is 0 Å². The maximum Gasteiger partial charge on any atom is 0.267 e. The number of rotatable bonds is 5. The van der Waals surface area contributed by atoms with Crippen molar-refractivity contribution in [1.82, 2.24) is 19.2 Å². The van der Waals surface area contributed by atoms with Gasteiger partial charge in [-0.05, 0) is 68.8 Å². The third kappa shape index (κ3) is 3.96. The van der Waals surface area contributed by atoms with Crippen LogP contribution in [0.3, 0.4) is 0 Å². The second-order valence-electron chi connectivity index (χ2n) is 8.28. The number of pyridine rings is 1. The topological polar surface area (TPSA) is 61.4 Å². The summed E-state index contributed by atoms with van der Waals surface area (Å²) in [5.74, 6) is 0.172. The molecule has 6 nitrogen and oxygen atoms in total. The van der Waals surface area contributed by atoms with E-state index in [-0.39, 0.29) is 18.0 Å². The summed E-state index contributed by atoms with van der Waals surface area (Å²) in [7, 11) is 0. The predicted octanol–water partition coefficient (Wildman–Crippen LogP) is 5.19. The molecule has 0 atom stereocenters. The summed E-state index contributed by atoms with van der Waals surface area (Å²) in [6.45, 7) is 6.03. The monoisotopic (exact) mass is 454 g/mol. The van der Waals surface area contributed by atoms with Crippen LogP contribution in [0.4, 0.5) is 4.39 Å². The fourth-order valence-corrected chi connectivity index (χ4v) is 3.94. The van der Waals surface area contributed by atoms with Crippen molar-refractivity contribution < 1.29 is 9.13 Å². The summed E-state index contributed by atoms with van der Waals surface area (Å²) in [4.78, 5) is 18.2. The zero-order valence-electron chi connectivity index (χ0n) is 19.1. The van der Waals surface area contributed by atoms with Crippen molar-refractivity contribution in [1.29, 1.82) is 0 Å². The number of aryl methyl sites for hydroxylation is 3. The molecule has 2 aromatic carbocycles. The molecule has 0 saturated heterocycles. The molecule has 3 heterocycles. The van der Waals surface area contributed by atoms with Gasteiger partial charge >= 0.3 is 0 Å². The molecule has 0 aliphatic rings. The highest BCUT2D eigenvalue weighted by Gasteiger charge is 2.18. The molecule has 0 aliphatic heterocycles. The summed E-state index contributed by atoms with van der Waals surface area (Å²) in [6.07, 6.45) is 1.67. The lowest BCUT2D eigenvalue weighted by Crippen LogP contribution is -2.19. The quantitative estimate of drug-likeness (QED) is 0.367. The van der Waals surface area contributed by atoms with Crippen LogP contribution in [0.25, 0.3) is 22.6 Å². The van der Waals surface area contributed by atoms with Crippen molar-refractivity contribution >= 4 is 5.65 Å². The molecule has 0 radical (unpaired) electrons. The van der Waals surface area contributed by atoms with Gasteiger partial charge in [0.05, 0.1) is 16.9 Å². The normalized spacial score (nSPS) is 11.2. The SMILES string of the molecule is Cc1ccc(-n2nc(-c3c(C)nc4c(OCc5ccc(F)cc5)cccn4c3=O)cc2C)cc1. The molecule has 7 heteroatoms. The number of ether oxygens (including phenoxy) is 1. The van der Waals surface area contributed by atoms with Gasteiger partial charge in [0.2, 0.25) is 0 Å². The van der Waals surface area contributed by atoms with Gasteiger partial charge in [-0.15, -0.1) is 0 Å². The van der Waals surface area contributed by atoms with Crippen molar-refractivity contribution in [2.24, 2.45) is 0 Å². The minimum Gasteiger partial charge on any atom is -0.485 e. The second kappa shape index (κ2) is 8.59. The number of halogens is 1. The summed E-state index contributed by atoms with van der Waals surface area (Å²) in [6, 6.07) is 19.6. The molecular formula is C27H23FN4O2. The van der Waals surface area contributed by atoms with E-state index in [2.05, 4.69) is 0 Å². The Hall–Kier alpha value is -4.26. The fourth-order valence-electron chi connectivity index (χ4n) is 3.94. The molecule has 3 aromatic heterocycles. The maximum absolute atomic E-state index is 13.5. The molecule has 5 aromatic rings. The molecule has 0 amide bonds. The Balaban J connectivity index is 1.54. The van der Waals surface area contributed by atoms with Gasteiger partial charge in [0.1, 0.15) is 18.1 Å². The minimum absolute atomic E-state index is 0.219. The number of aromatic nitrogens is 4. The molecule has 0 aliphatic carbocycles. The Bertz CT molecular complexity index is 1550. The smallest absolute Gasteiger partial charge is 0.267 e. The summed E-state index contributed by atoms with van der Waals surface area (Å²) in [5.41, 5.74) is 5.61. The van der Waals surface area contributed by atoms with Crippen LogP contribution < -0.4 is 10.3 Å². The lowest BCUT2D eigenvalue weighted by Gasteiger charge is -2.11. The molecular weight excluding hydrogens is 431 g/mol. The zero-order chi connectivity index (χ0) is 23.8. The Morgan fingerprint density at radius 2 is 1.71 bits per heavy atom. The molecule has 0 bridgehead atoms. The summed E-state index contributed by atoms with van der Waals surface area (Å²) in [5, 5.41) is 4.72. The van der Waals surface area contributed by atoms with E-state index in [9.17, 15) is 9.18 Å². The van der Waals surface area contributed by atoms with Crippen molar-refractivity contribution in [3.8, 4) is 22.7 Å². The maximum atomic E-state index is 13.5.